The fourth-order valence-electron chi connectivity index (χ4n) is 7.03. The van der Waals surface area contributed by atoms with Gasteiger partial charge in [-0.05, 0) is 93.8 Å². The van der Waals surface area contributed by atoms with Gasteiger partial charge in [-0.15, -0.1) is 11.3 Å². The summed E-state index contributed by atoms with van der Waals surface area (Å²) < 4.78 is 6.28. The van der Waals surface area contributed by atoms with Crippen molar-refractivity contribution in [3.63, 3.8) is 0 Å². The van der Waals surface area contributed by atoms with Crippen molar-refractivity contribution < 1.29 is 19.1 Å². The average Bonchev–Trinajstić information content (AvgIpc) is 3.84. The molecule has 1 N–H and O–H groups in total. The zero-order valence-electron chi connectivity index (χ0n) is 28.3. The number of carboxylic acid groups (broad SMARTS) is 1. The van der Waals surface area contributed by atoms with E-state index in [-0.39, 0.29) is 5.91 Å². The highest BCUT2D eigenvalue weighted by atomic mass is 32.1. The highest BCUT2D eigenvalue weighted by Gasteiger charge is 2.40. The van der Waals surface area contributed by atoms with Gasteiger partial charge in [-0.25, -0.2) is 9.97 Å². The Morgan fingerprint density at radius 2 is 1.73 bits per heavy atom. The van der Waals surface area contributed by atoms with Crippen molar-refractivity contribution in [2.75, 3.05) is 33.7 Å². The number of likely N-dealkylation sites (tertiary alicyclic amines) is 1. The minimum atomic E-state index is -0.781. The maximum absolute atomic E-state index is 12.6. The van der Waals surface area contributed by atoms with Gasteiger partial charge in [0.1, 0.15) is 16.6 Å². The Morgan fingerprint density at radius 3 is 2.39 bits per heavy atom. The van der Waals surface area contributed by atoms with E-state index in [0.29, 0.717) is 68.2 Å². The first kappa shape index (κ1) is 32.6. The first-order valence-electron chi connectivity index (χ1n) is 16.3. The van der Waals surface area contributed by atoms with Gasteiger partial charge in [0.05, 0.1) is 36.3 Å². The van der Waals surface area contributed by atoms with Crippen LogP contribution in [0.4, 0.5) is 0 Å². The zero-order chi connectivity index (χ0) is 34.6. The number of carbonyl (C=O) groups excluding carboxylic acids is 1. The molecule has 0 spiro atoms. The topological polar surface area (TPSA) is 127 Å². The fourth-order valence-corrected chi connectivity index (χ4v) is 8.19. The van der Waals surface area contributed by atoms with Crippen LogP contribution in [0.2, 0.25) is 0 Å². The van der Waals surface area contributed by atoms with Crippen molar-refractivity contribution in [1.29, 1.82) is 5.26 Å². The Bertz CT molecular complexity index is 2160. The van der Waals surface area contributed by atoms with Crippen LogP contribution in [-0.2, 0) is 29.2 Å². The minimum Gasteiger partial charge on any atom is -0.481 e. The number of nitrogens with zero attached hydrogens (tertiary/aromatic N) is 6. The maximum atomic E-state index is 12.6. The number of amides is 1. The molecule has 49 heavy (non-hydrogen) atoms. The summed E-state index contributed by atoms with van der Waals surface area (Å²) in [5.74, 6) is -0.223. The van der Waals surface area contributed by atoms with Crippen molar-refractivity contribution in [3.05, 3.63) is 81.4 Å². The van der Waals surface area contributed by atoms with Crippen LogP contribution < -0.4 is 0 Å². The van der Waals surface area contributed by atoms with Crippen molar-refractivity contribution in [2.45, 2.75) is 46.8 Å². The lowest BCUT2D eigenvalue weighted by atomic mass is 9.90. The van der Waals surface area contributed by atoms with Gasteiger partial charge in [-0.2, -0.15) is 5.26 Å². The number of aliphatic carboxylic acids is 1. The molecule has 5 aromatic rings. The highest BCUT2D eigenvalue weighted by molar-refractivity contribution is 7.15. The number of carboxylic acids is 1. The van der Waals surface area contributed by atoms with Gasteiger partial charge in [0.2, 0.25) is 11.8 Å². The molecule has 2 aliphatic heterocycles. The van der Waals surface area contributed by atoms with E-state index < -0.39 is 11.4 Å². The van der Waals surface area contributed by atoms with Crippen molar-refractivity contribution >= 4 is 34.3 Å². The second kappa shape index (κ2) is 12.5. The van der Waals surface area contributed by atoms with E-state index in [1.807, 2.05) is 48.2 Å². The summed E-state index contributed by atoms with van der Waals surface area (Å²) in [5, 5.41) is 20.6. The third-order valence-electron chi connectivity index (χ3n) is 9.82. The lowest BCUT2D eigenvalue weighted by molar-refractivity contribution is -0.147. The molecular weight excluding hydrogens is 637 g/mol. The van der Waals surface area contributed by atoms with E-state index in [4.69, 9.17) is 14.4 Å². The van der Waals surface area contributed by atoms with Crippen molar-refractivity contribution in [3.8, 4) is 39.2 Å². The van der Waals surface area contributed by atoms with Crippen LogP contribution in [-0.4, -0.2) is 75.4 Å². The molecule has 0 radical (unpaired) electrons. The molecule has 10 nitrogen and oxygen atoms in total. The number of oxazole rings is 1. The Balaban J connectivity index is 1.17. The molecule has 0 aliphatic carbocycles. The van der Waals surface area contributed by atoms with Gasteiger partial charge < -0.3 is 19.3 Å². The summed E-state index contributed by atoms with van der Waals surface area (Å²) in [4.78, 5) is 41.2. The van der Waals surface area contributed by atoms with Gasteiger partial charge in [0, 0.05) is 29.1 Å². The van der Waals surface area contributed by atoms with E-state index in [1.54, 1.807) is 18.3 Å². The van der Waals surface area contributed by atoms with Crippen molar-refractivity contribution in [1.82, 2.24) is 24.7 Å². The summed E-state index contributed by atoms with van der Waals surface area (Å²) in [7, 11) is 3.80. The Kier molecular flexibility index (Phi) is 8.35. The number of hydrogen-bond donors (Lipinski definition) is 1. The molecule has 4 heterocycles. The molecule has 7 rings (SSSR count). The number of fused-ring (bicyclic) bond motifs is 2. The van der Waals surface area contributed by atoms with Crippen LogP contribution in [0.3, 0.4) is 0 Å². The summed E-state index contributed by atoms with van der Waals surface area (Å²) in [6.45, 7) is 9.17. The van der Waals surface area contributed by atoms with Crippen LogP contribution in [0.25, 0.3) is 44.3 Å². The van der Waals surface area contributed by atoms with Crippen LogP contribution in [0.1, 0.15) is 46.2 Å². The lowest BCUT2D eigenvalue weighted by Crippen LogP contribution is -2.34. The highest BCUT2D eigenvalue weighted by Crippen LogP contribution is 2.40. The number of carbonyl (C=O) groups is 2. The summed E-state index contributed by atoms with van der Waals surface area (Å²) in [6, 6.07) is 18.4. The zero-order valence-corrected chi connectivity index (χ0v) is 29.1. The number of nitriles is 1. The molecule has 1 amide bonds. The van der Waals surface area contributed by atoms with Gasteiger partial charge in [-0.1, -0.05) is 30.3 Å². The Morgan fingerprint density at radius 1 is 1.04 bits per heavy atom. The van der Waals surface area contributed by atoms with Gasteiger partial charge in [-0.3, -0.25) is 14.5 Å². The van der Waals surface area contributed by atoms with E-state index in [9.17, 15) is 20.0 Å². The molecule has 1 saturated heterocycles. The van der Waals surface area contributed by atoms with Gasteiger partial charge in [0.25, 0.3) is 0 Å². The summed E-state index contributed by atoms with van der Waals surface area (Å²) >= 11 is 1.66. The summed E-state index contributed by atoms with van der Waals surface area (Å²) in [6.07, 6.45) is 0.589. The summed E-state index contributed by atoms with van der Waals surface area (Å²) in [5.41, 5.74) is 8.75. The fraction of sp³-hybridized carbons (Fsp3) is 0.342. The van der Waals surface area contributed by atoms with E-state index >= 15 is 0 Å². The van der Waals surface area contributed by atoms with Crippen molar-refractivity contribution in [2.24, 2.45) is 5.41 Å². The van der Waals surface area contributed by atoms with E-state index in [2.05, 4.69) is 49.1 Å². The molecule has 0 bridgehead atoms. The molecule has 2 aromatic heterocycles. The Hall–Kier alpha value is -4.89. The number of thiazole rings is 1. The molecule has 3 aromatic carbocycles. The molecule has 11 heteroatoms. The largest absolute Gasteiger partial charge is 0.481 e. The maximum Gasteiger partial charge on any atom is 0.310 e. The standard InChI is InChI=1S/C38H38N6O4S/c1-22-26(27-9-7-11-29(23(27)2)36-41-31-18-44(19-32(31)49-36)33(45)20-42(4)5)8-6-10-28(22)35-40-30-15-24(14-25(16-39)34(30)48-35)17-43-13-12-38(3,21-43)37(46)47/h6-11,14-15H,12-13,17-21H2,1-5H3,(H,46,47)/t38-/m1/s1. The molecule has 0 saturated carbocycles. The number of likely N-dealkylation sites (N-methyl/N-ethyl adjacent to an activating group) is 1. The number of hydrogen-bond acceptors (Lipinski definition) is 9. The smallest absolute Gasteiger partial charge is 0.310 e. The first-order valence-corrected chi connectivity index (χ1v) is 17.2. The molecule has 0 unspecified atom stereocenters. The average molecular weight is 675 g/mol. The van der Waals surface area contributed by atoms with Gasteiger partial charge >= 0.3 is 5.97 Å². The predicted molar refractivity (Wildman–Crippen MR) is 189 cm³/mol. The number of benzene rings is 3. The first-order chi connectivity index (χ1) is 23.4. The minimum absolute atomic E-state index is 0.112. The number of rotatable bonds is 8. The molecule has 1 atom stereocenters. The van der Waals surface area contributed by atoms with Crippen LogP contribution >= 0.6 is 11.3 Å². The normalized spacial score (nSPS) is 17.6. The molecule has 2 aliphatic rings. The quantitative estimate of drug-likeness (QED) is 0.197. The second-order valence-corrected chi connectivity index (χ2v) is 14.9. The molecule has 250 valence electrons. The third-order valence-corrected chi connectivity index (χ3v) is 10.9. The Labute approximate surface area is 289 Å². The molecular formula is C38H38N6O4S. The monoisotopic (exact) mass is 674 g/mol. The number of aromatic nitrogens is 2. The van der Waals surface area contributed by atoms with E-state index in [1.165, 1.54) is 0 Å². The lowest BCUT2D eigenvalue weighted by Gasteiger charge is -2.20. The third kappa shape index (κ3) is 6.01. The van der Waals surface area contributed by atoms with Gasteiger partial charge in [0.15, 0.2) is 5.58 Å². The van der Waals surface area contributed by atoms with E-state index in [0.717, 1.165) is 54.5 Å². The predicted octanol–water partition coefficient (Wildman–Crippen LogP) is 6.47. The SMILES string of the molecule is Cc1c(-c2nc3cc(CN4CC[C@@](C)(C(=O)O)C4)cc(C#N)c3o2)cccc1-c1cccc(-c2nc3c(s2)CN(C(=O)CN(C)C)C3)c1C. The van der Waals surface area contributed by atoms with Crippen LogP contribution in [0.5, 0.6) is 0 Å². The molecule has 1 fully saturated rings. The van der Waals surface area contributed by atoms with Crippen LogP contribution in [0, 0.1) is 30.6 Å². The second-order valence-electron chi connectivity index (χ2n) is 13.8. The van der Waals surface area contributed by atoms with Crippen LogP contribution in [0.15, 0.2) is 52.9 Å².